The summed E-state index contributed by atoms with van der Waals surface area (Å²) >= 11 is 6.64. The van der Waals surface area contributed by atoms with Gasteiger partial charge in [0.15, 0.2) is 0 Å². The van der Waals surface area contributed by atoms with Crippen molar-refractivity contribution in [2.24, 2.45) is 0 Å². The van der Waals surface area contributed by atoms with Gasteiger partial charge in [-0.1, -0.05) is 42.5 Å². The van der Waals surface area contributed by atoms with Gasteiger partial charge >= 0.3 is 0 Å². The number of nitrogens with zero attached hydrogens (tertiary/aromatic N) is 1. The number of alkyl halides is 1. The van der Waals surface area contributed by atoms with Crippen LogP contribution in [0.25, 0.3) is 11.3 Å². The molecular formula is C20H21ClFNO. The van der Waals surface area contributed by atoms with Gasteiger partial charge in [-0.15, -0.1) is 11.6 Å². The van der Waals surface area contributed by atoms with Gasteiger partial charge in [0.25, 0.3) is 0 Å². The average molecular weight is 346 g/mol. The maximum absolute atomic E-state index is 14.5. The van der Waals surface area contributed by atoms with E-state index in [0.29, 0.717) is 17.7 Å². The first-order chi connectivity index (χ1) is 11.5. The van der Waals surface area contributed by atoms with Crippen molar-refractivity contribution in [1.82, 2.24) is 4.90 Å². The topological polar surface area (TPSA) is 23.5 Å². The van der Waals surface area contributed by atoms with Crippen molar-refractivity contribution in [3.63, 3.8) is 0 Å². The van der Waals surface area contributed by atoms with Crippen molar-refractivity contribution < 1.29 is 9.50 Å². The molecule has 0 aliphatic carbocycles. The molecule has 0 saturated heterocycles. The minimum Gasteiger partial charge on any atom is -0.376 e. The maximum Gasteiger partial charge on any atom is 0.132 e. The molecular weight excluding hydrogens is 325 g/mol. The summed E-state index contributed by atoms with van der Waals surface area (Å²) in [5.41, 5.74) is 2.65. The van der Waals surface area contributed by atoms with Crippen LogP contribution in [0.2, 0.25) is 0 Å². The molecule has 2 aromatic rings. The predicted octanol–water partition coefficient (Wildman–Crippen LogP) is 4.74. The number of halogens is 2. The first-order valence-corrected chi connectivity index (χ1v) is 8.46. The van der Waals surface area contributed by atoms with Gasteiger partial charge in [0.2, 0.25) is 0 Å². The fourth-order valence-corrected chi connectivity index (χ4v) is 3.53. The fraction of sp³-hybridized carbons (Fsp3) is 0.300. The lowest BCUT2D eigenvalue weighted by Crippen LogP contribution is -2.52. The third kappa shape index (κ3) is 2.83. The van der Waals surface area contributed by atoms with Crippen LogP contribution in [0.3, 0.4) is 0 Å². The molecule has 0 bridgehead atoms. The number of aliphatic hydroxyl groups is 1. The van der Waals surface area contributed by atoms with Crippen LogP contribution in [0, 0.1) is 5.82 Å². The van der Waals surface area contributed by atoms with Crippen molar-refractivity contribution in [2.75, 3.05) is 6.73 Å². The number of benzene rings is 2. The highest BCUT2D eigenvalue weighted by Gasteiger charge is 2.42. The van der Waals surface area contributed by atoms with Crippen LogP contribution in [0.1, 0.15) is 31.4 Å². The number of hydrogen-bond acceptors (Lipinski definition) is 2. The molecule has 1 atom stereocenters. The van der Waals surface area contributed by atoms with E-state index in [4.69, 9.17) is 11.6 Å². The number of hydrogen-bond donors (Lipinski definition) is 1. The largest absolute Gasteiger partial charge is 0.376 e. The first kappa shape index (κ1) is 17.0. The zero-order chi connectivity index (χ0) is 17.3. The van der Waals surface area contributed by atoms with Crippen LogP contribution in [0.5, 0.6) is 0 Å². The van der Waals surface area contributed by atoms with Crippen molar-refractivity contribution in [1.29, 1.82) is 0 Å². The SMILES string of the molecule is CC1(C)C(Cl)CC(c2ccccc2)=C(c2ccccc2F)N1CO. The van der Waals surface area contributed by atoms with Gasteiger partial charge in [-0.2, -0.15) is 0 Å². The lowest BCUT2D eigenvalue weighted by molar-refractivity contribution is 0.0727. The second-order valence-corrected chi connectivity index (χ2v) is 7.09. The van der Waals surface area contributed by atoms with Crippen molar-refractivity contribution in [3.8, 4) is 0 Å². The Morgan fingerprint density at radius 3 is 2.38 bits per heavy atom. The van der Waals surface area contributed by atoms with Crippen molar-refractivity contribution in [2.45, 2.75) is 31.2 Å². The van der Waals surface area contributed by atoms with Crippen molar-refractivity contribution in [3.05, 3.63) is 71.5 Å². The highest BCUT2D eigenvalue weighted by molar-refractivity contribution is 6.22. The van der Waals surface area contributed by atoms with Crippen molar-refractivity contribution >= 4 is 22.9 Å². The van der Waals surface area contributed by atoms with E-state index < -0.39 is 5.54 Å². The number of aliphatic hydroxyl groups excluding tert-OH is 1. The van der Waals surface area contributed by atoms with Crippen LogP contribution in [-0.2, 0) is 0 Å². The molecule has 0 amide bonds. The smallest absolute Gasteiger partial charge is 0.132 e. The van der Waals surface area contributed by atoms with E-state index in [2.05, 4.69) is 0 Å². The van der Waals surface area contributed by atoms with Gasteiger partial charge < -0.3 is 10.0 Å². The standard InChI is InChI=1S/C20H21ClFNO/c1-20(2)18(21)12-16(14-8-4-3-5-9-14)19(23(20)13-24)15-10-6-7-11-17(15)22/h3-11,18,24H,12-13H2,1-2H3. The van der Waals surface area contributed by atoms with Crippen LogP contribution in [0.15, 0.2) is 54.6 Å². The van der Waals surface area contributed by atoms with E-state index in [1.807, 2.05) is 50.2 Å². The Morgan fingerprint density at radius 1 is 1.12 bits per heavy atom. The molecule has 0 radical (unpaired) electrons. The Hall–Kier alpha value is -1.84. The van der Waals surface area contributed by atoms with E-state index in [-0.39, 0.29) is 17.9 Å². The summed E-state index contributed by atoms with van der Waals surface area (Å²) in [4.78, 5) is 1.80. The molecule has 2 nitrogen and oxygen atoms in total. The average Bonchev–Trinajstić information content (AvgIpc) is 2.58. The van der Waals surface area contributed by atoms with Crippen LogP contribution < -0.4 is 0 Å². The maximum atomic E-state index is 14.5. The van der Waals surface area contributed by atoms with E-state index in [1.54, 1.807) is 17.0 Å². The summed E-state index contributed by atoms with van der Waals surface area (Å²) in [5, 5.41) is 9.84. The van der Waals surface area contributed by atoms with Gasteiger partial charge in [0.1, 0.15) is 12.5 Å². The summed E-state index contributed by atoms with van der Waals surface area (Å²) in [7, 11) is 0. The summed E-state index contributed by atoms with van der Waals surface area (Å²) < 4.78 is 14.5. The molecule has 0 aromatic heterocycles. The molecule has 1 aliphatic heterocycles. The molecule has 1 aliphatic rings. The van der Waals surface area contributed by atoms with E-state index in [0.717, 1.165) is 11.1 Å². The molecule has 1 unspecified atom stereocenters. The molecule has 4 heteroatoms. The lowest BCUT2D eigenvalue weighted by Gasteiger charge is -2.48. The third-order valence-electron chi connectivity index (χ3n) is 4.79. The quantitative estimate of drug-likeness (QED) is 0.812. The van der Waals surface area contributed by atoms with Crippen LogP contribution in [0.4, 0.5) is 4.39 Å². The van der Waals surface area contributed by atoms with Gasteiger partial charge in [0, 0.05) is 5.56 Å². The van der Waals surface area contributed by atoms with E-state index in [9.17, 15) is 9.50 Å². The molecule has 1 N–H and O–H groups in total. The molecule has 3 rings (SSSR count). The number of allylic oxidation sites excluding steroid dienone is 1. The molecule has 1 heterocycles. The zero-order valence-electron chi connectivity index (χ0n) is 13.8. The summed E-state index contributed by atoms with van der Waals surface area (Å²) in [5.74, 6) is -0.303. The van der Waals surface area contributed by atoms with Gasteiger partial charge in [0.05, 0.1) is 16.6 Å². The normalized spacial score (nSPS) is 20.4. The van der Waals surface area contributed by atoms with Crippen LogP contribution in [-0.4, -0.2) is 27.7 Å². The molecule has 24 heavy (non-hydrogen) atoms. The van der Waals surface area contributed by atoms with Gasteiger partial charge in [-0.05, 0) is 43.5 Å². The number of rotatable bonds is 3. The Morgan fingerprint density at radius 2 is 1.75 bits per heavy atom. The second-order valence-electron chi connectivity index (χ2n) is 6.57. The Balaban J connectivity index is 2.30. The van der Waals surface area contributed by atoms with E-state index in [1.165, 1.54) is 6.07 Å². The minimum atomic E-state index is -0.494. The Bertz CT molecular complexity index is 757. The predicted molar refractivity (Wildman–Crippen MR) is 96.9 cm³/mol. The molecule has 2 aromatic carbocycles. The molecule has 126 valence electrons. The lowest BCUT2D eigenvalue weighted by atomic mass is 9.82. The highest BCUT2D eigenvalue weighted by Crippen LogP contribution is 2.45. The third-order valence-corrected chi connectivity index (χ3v) is 5.48. The Kier molecular flexibility index (Phi) is 4.66. The highest BCUT2D eigenvalue weighted by atomic mass is 35.5. The molecule has 0 saturated carbocycles. The molecule has 0 fully saturated rings. The summed E-state index contributed by atoms with van der Waals surface area (Å²) in [6, 6.07) is 16.5. The fourth-order valence-electron chi connectivity index (χ4n) is 3.25. The Labute approximate surface area is 147 Å². The second kappa shape index (κ2) is 6.58. The summed E-state index contributed by atoms with van der Waals surface area (Å²) in [6.07, 6.45) is 0.610. The van der Waals surface area contributed by atoms with Gasteiger partial charge in [-0.3, -0.25) is 0 Å². The van der Waals surface area contributed by atoms with Crippen LogP contribution >= 0.6 is 11.6 Å². The van der Waals surface area contributed by atoms with Gasteiger partial charge in [-0.25, -0.2) is 4.39 Å². The minimum absolute atomic E-state index is 0.199. The van der Waals surface area contributed by atoms with E-state index >= 15 is 0 Å². The first-order valence-electron chi connectivity index (χ1n) is 8.03. The monoisotopic (exact) mass is 345 g/mol. The molecule has 0 spiro atoms. The summed E-state index contributed by atoms with van der Waals surface area (Å²) in [6.45, 7) is 3.73. The zero-order valence-corrected chi connectivity index (χ0v) is 14.6.